The van der Waals surface area contributed by atoms with E-state index in [0.717, 1.165) is 31.4 Å². The van der Waals surface area contributed by atoms with Gasteiger partial charge in [0.15, 0.2) is 0 Å². The highest BCUT2D eigenvalue weighted by Gasteiger charge is 2.28. The molecule has 0 aliphatic carbocycles. The predicted molar refractivity (Wildman–Crippen MR) is 80.8 cm³/mol. The van der Waals surface area contributed by atoms with Crippen LogP contribution in [-0.4, -0.2) is 19.4 Å². The summed E-state index contributed by atoms with van der Waals surface area (Å²) in [6.45, 7) is 7.95. The number of nitrogens with zero attached hydrogens (tertiary/aromatic N) is 1. The van der Waals surface area contributed by atoms with E-state index in [2.05, 4.69) is 20.8 Å². The van der Waals surface area contributed by atoms with Crippen molar-refractivity contribution in [2.45, 2.75) is 40.0 Å². The smallest absolute Gasteiger partial charge is 0.150 e. The van der Waals surface area contributed by atoms with Crippen LogP contribution in [0.25, 0.3) is 0 Å². The standard InChI is InChI=1S/C17H23F2NO/c1-17(2,3)13-5-4-7-20(8-6-13)16-14(18)9-12(11-21)10-15(16)19/h9-11,13H,4-8H2,1-3H3. The molecular formula is C17H23F2NO. The van der Waals surface area contributed by atoms with Gasteiger partial charge in [-0.2, -0.15) is 0 Å². The normalized spacial score (nSPS) is 20.2. The Balaban J connectivity index is 2.22. The van der Waals surface area contributed by atoms with E-state index < -0.39 is 11.6 Å². The Labute approximate surface area is 125 Å². The van der Waals surface area contributed by atoms with Crippen LogP contribution < -0.4 is 4.90 Å². The van der Waals surface area contributed by atoms with Gasteiger partial charge in [0.05, 0.1) is 0 Å². The molecule has 0 radical (unpaired) electrons. The molecule has 1 atom stereocenters. The van der Waals surface area contributed by atoms with E-state index in [-0.39, 0.29) is 16.7 Å². The third kappa shape index (κ3) is 3.60. The minimum Gasteiger partial charge on any atom is -0.367 e. The van der Waals surface area contributed by atoms with E-state index in [1.807, 2.05) is 0 Å². The van der Waals surface area contributed by atoms with Gasteiger partial charge in [0.2, 0.25) is 0 Å². The first-order valence-corrected chi connectivity index (χ1v) is 7.52. The Morgan fingerprint density at radius 3 is 2.29 bits per heavy atom. The van der Waals surface area contributed by atoms with Gasteiger partial charge in [0.1, 0.15) is 23.6 Å². The summed E-state index contributed by atoms with van der Waals surface area (Å²) in [6, 6.07) is 2.22. The third-order valence-corrected chi connectivity index (χ3v) is 4.44. The highest BCUT2D eigenvalue weighted by atomic mass is 19.1. The van der Waals surface area contributed by atoms with Crippen LogP contribution in [0.5, 0.6) is 0 Å². The number of anilines is 1. The van der Waals surface area contributed by atoms with Crippen molar-refractivity contribution in [2.24, 2.45) is 11.3 Å². The molecule has 1 aromatic rings. The highest BCUT2D eigenvalue weighted by Crippen LogP contribution is 2.36. The number of rotatable bonds is 2. The van der Waals surface area contributed by atoms with Crippen molar-refractivity contribution in [3.63, 3.8) is 0 Å². The lowest BCUT2D eigenvalue weighted by Crippen LogP contribution is -2.27. The maximum absolute atomic E-state index is 14.1. The zero-order valence-electron chi connectivity index (χ0n) is 13.0. The molecule has 1 unspecified atom stereocenters. The van der Waals surface area contributed by atoms with Gasteiger partial charge in [-0.3, -0.25) is 4.79 Å². The van der Waals surface area contributed by atoms with Gasteiger partial charge < -0.3 is 4.90 Å². The van der Waals surface area contributed by atoms with E-state index in [1.165, 1.54) is 0 Å². The number of carbonyl (C=O) groups excluding carboxylic acids is 1. The van der Waals surface area contributed by atoms with Crippen LogP contribution in [0.4, 0.5) is 14.5 Å². The summed E-state index contributed by atoms with van der Waals surface area (Å²) in [5.74, 6) is -0.736. The number of halogens is 2. The molecule has 0 aromatic heterocycles. The van der Waals surface area contributed by atoms with Crippen molar-refractivity contribution in [3.8, 4) is 0 Å². The lowest BCUT2D eigenvalue weighted by molar-refractivity contribution is 0.112. The highest BCUT2D eigenvalue weighted by molar-refractivity contribution is 5.76. The molecule has 4 heteroatoms. The number of hydrogen-bond acceptors (Lipinski definition) is 2. The third-order valence-electron chi connectivity index (χ3n) is 4.44. The molecule has 2 rings (SSSR count). The molecule has 0 amide bonds. The first-order valence-electron chi connectivity index (χ1n) is 7.52. The molecule has 1 aromatic carbocycles. The van der Waals surface area contributed by atoms with Gasteiger partial charge in [-0.1, -0.05) is 20.8 Å². The first kappa shape index (κ1) is 15.9. The Hall–Kier alpha value is -1.45. The van der Waals surface area contributed by atoms with Gasteiger partial charge >= 0.3 is 0 Å². The predicted octanol–water partition coefficient (Wildman–Crippen LogP) is 4.43. The molecule has 1 aliphatic heterocycles. The fraction of sp³-hybridized carbons (Fsp3) is 0.588. The first-order chi connectivity index (χ1) is 9.82. The minimum absolute atomic E-state index is 0.00941. The van der Waals surface area contributed by atoms with E-state index in [1.54, 1.807) is 4.90 Å². The van der Waals surface area contributed by atoms with E-state index in [4.69, 9.17) is 0 Å². The van der Waals surface area contributed by atoms with Crippen LogP contribution in [0, 0.1) is 23.0 Å². The van der Waals surface area contributed by atoms with Crippen molar-refractivity contribution in [1.29, 1.82) is 0 Å². The second kappa shape index (κ2) is 6.12. The number of hydrogen-bond donors (Lipinski definition) is 0. The molecule has 0 bridgehead atoms. The van der Waals surface area contributed by atoms with Crippen LogP contribution in [0.3, 0.4) is 0 Å². The number of carbonyl (C=O) groups is 1. The lowest BCUT2D eigenvalue weighted by Gasteiger charge is -2.30. The van der Waals surface area contributed by atoms with Crippen molar-refractivity contribution in [3.05, 3.63) is 29.3 Å². The van der Waals surface area contributed by atoms with E-state index >= 15 is 0 Å². The van der Waals surface area contributed by atoms with Crippen LogP contribution in [0.15, 0.2) is 12.1 Å². The topological polar surface area (TPSA) is 20.3 Å². The molecule has 0 spiro atoms. The van der Waals surface area contributed by atoms with Crippen molar-refractivity contribution < 1.29 is 13.6 Å². The van der Waals surface area contributed by atoms with E-state index in [9.17, 15) is 13.6 Å². The molecule has 21 heavy (non-hydrogen) atoms. The Morgan fingerprint density at radius 2 is 1.76 bits per heavy atom. The molecule has 0 saturated carbocycles. The molecule has 0 N–H and O–H groups in total. The lowest BCUT2D eigenvalue weighted by atomic mass is 9.77. The van der Waals surface area contributed by atoms with Gasteiger partial charge in [0.25, 0.3) is 0 Å². The molecule has 1 saturated heterocycles. The Morgan fingerprint density at radius 1 is 1.14 bits per heavy atom. The maximum atomic E-state index is 14.1. The molecule has 2 nitrogen and oxygen atoms in total. The molecule has 1 aliphatic rings. The van der Waals surface area contributed by atoms with Crippen molar-refractivity contribution >= 4 is 12.0 Å². The summed E-state index contributed by atoms with van der Waals surface area (Å²) >= 11 is 0. The summed E-state index contributed by atoms with van der Waals surface area (Å²) in [7, 11) is 0. The summed E-state index contributed by atoms with van der Waals surface area (Å²) in [5.41, 5.74) is 0.264. The van der Waals surface area contributed by atoms with Crippen LogP contribution in [0.1, 0.15) is 50.4 Å². The number of benzene rings is 1. The summed E-state index contributed by atoms with van der Waals surface area (Å²) in [5, 5.41) is 0. The summed E-state index contributed by atoms with van der Waals surface area (Å²) in [6.07, 6.45) is 3.40. The summed E-state index contributed by atoms with van der Waals surface area (Å²) < 4.78 is 28.2. The monoisotopic (exact) mass is 295 g/mol. The molecule has 1 fully saturated rings. The second-order valence-corrected chi connectivity index (χ2v) is 6.93. The summed E-state index contributed by atoms with van der Waals surface area (Å²) in [4.78, 5) is 12.4. The van der Waals surface area contributed by atoms with Gasteiger partial charge in [-0.25, -0.2) is 8.78 Å². The molecule has 116 valence electrons. The largest absolute Gasteiger partial charge is 0.367 e. The second-order valence-electron chi connectivity index (χ2n) is 6.93. The van der Waals surface area contributed by atoms with Gasteiger partial charge in [0, 0.05) is 18.7 Å². The van der Waals surface area contributed by atoms with E-state index in [0.29, 0.717) is 25.3 Å². The van der Waals surface area contributed by atoms with Crippen LogP contribution >= 0.6 is 0 Å². The van der Waals surface area contributed by atoms with Gasteiger partial charge in [-0.05, 0) is 42.7 Å². The molecular weight excluding hydrogens is 272 g/mol. The SMILES string of the molecule is CC(C)(C)C1CCCN(c2c(F)cc(C=O)cc2F)CC1. The fourth-order valence-corrected chi connectivity index (χ4v) is 3.14. The van der Waals surface area contributed by atoms with Crippen molar-refractivity contribution in [1.82, 2.24) is 0 Å². The van der Waals surface area contributed by atoms with Gasteiger partial charge in [-0.15, -0.1) is 0 Å². The zero-order valence-corrected chi connectivity index (χ0v) is 13.0. The number of aldehydes is 1. The quantitative estimate of drug-likeness (QED) is 0.752. The minimum atomic E-state index is -0.647. The average molecular weight is 295 g/mol. The Kier molecular flexibility index (Phi) is 4.64. The fourth-order valence-electron chi connectivity index (χ4n) is 3.14. The van der Waals surface area contributed by atoms with Crippen LogP contribution in [-0.2, 0) is 0 Å². The van der Waals surface area contributed by atoms with Crippen molar-refractivity contribution in [2.75, 3.05) is 18.0 Å². The maximum Gasteiger partial charge on any atom is 0.150 e. The van der Waals surface area contributed by atoms with Crippen LogP contribution in [0.2, 0.25) is 0 Å². The molecule has 1 heterocycles. The zero-order chi connectivity index (χ0) is 15.6. The Bertz CT molecular complexity index is 499. The average Bonchev–Trinajstić information content (AvgIpc) is 2.63.